The summed E-state index contributed by atoms with van der Waals surface area (Å²) in [5.74, 6) is 0.948. The first-order valence-corrected chi connectivity index (χ1v) is 9.36. The minimum atomic E-state index is -0.304. The van der Waals surface area contributed by atoms with Crippen molar-refractivity contribution in [1.82, 2.24) is 4.98 Å². The standard InChI is InChI=1S/C12H13NO2.C9H10FNO.C2H6/c1-8-4-5-13-10-7-12(15-3)11(14-2)6-9(8)10;1-6-3-4-8(5-9(6)10)11-7(2)12;1-2/h4-7H,1-3H3;3-5H,1-2H3,(H,11,12);1-2H3. The van der Waals surface area contributed by atoms with Gasteiger partial charge in [0.1, 0.15) is 5.82 Å². The summed E-state index contributed by atoms with van der Waals surface area (Å²) in [6.07, 6.45) is 1.80. The third kappa shape index (κ3) is 6.75. The highest BCUT2D eigenvalue weighted by atomic mass is 19.1. The molecule has 29 heavy (non-hydrogen) atoms. The molecule has 0 aliphatic heterocycles. The molecule has 0 aliphatic carbocycles. The Morgan fingerprint density at radius 1 is 0.966 bits per heavy atom. The number of aromatic nitrogens is 1. The zero-order valence-corrected chi connectivity index (χ0v) is 18.1. The van der Waals surface area contributed by atoms with E-state index in [1.807, 2.05) is 32.0 Å². The predicted octanol–water partition coefficient (Wildman–Crippen LogP) is 5.68. The van der Waals surface area contributed by atoms with Crippen LogP contribution >= 0.6 is 0 Å². The van der Waals surface area contributed by atoms with E-state index in [0.717, 1.165) is 16.7 Å². The molecule has 2 aromatic carbocycles. The Kier molecular flexibility index (Phi) is 9.59. The predicted molar refractivity (Wildman–Crippen MR) is 116 cm³/mol. The van der Waals surface area contributed by atoms with Gasteiger partial charge in [-0.3, -0.25) is 9.78 Å². The average molecular weight is 400 g/mol. The fraction of sp³-hybridized carbons (Fsp3) is 0.304. The van der Waals surface area contributed by atoms with E-state index in [4.69, 9.17) is 9.47 Å². The molecule has 1 N–H and O–H groups in total. The second-order valence-electron chi connectivity index (χ2n) is 6.00. The van der Waals surface area contributed by atoms with Gasteiger partial charge in [0.25, 0.3) is 0 Å². The molecule has 0 spiro atoms. The van der Waals surface area contributed by atoms with Gasteiger partial charge in [-0.15, -0.1) is 0 Å². The van der Waals surface area contributed by atoms with Gasteiger partial charge in [0.05, 0.1) is 19.7 Å². The summed E-state index contributed by atoms with van der Waals surface area (Å²) in [6, 6.07) is 10.4. The second kappa shape index (κ2) is 11.6. The Morgan fingerprint density at radius 3 is 2.14 bits per heavy atom. The number of carbonyl (C=O) groups excluding carboxylic acids is 1. The van der Waals surface area contributed by atoms with Crippen molar-refractivity contribution in [1.29, 1.82) is 0 Å². The maximum absolute atomic E-state index is 12.9. The van der Waals surface area contributed by atoms with Crippen molar-refractivity contribution >= 4 is 22.5 Å². The van der Waals surface area contributed by atoms with Gasteiger partial charge >= 0.3 is 0 Å². The Bertz CT molecular complexity index is 958. The van der Waals surface area contributed by atoms with E-state index in [9.17, 15) is 9.18 Å². The highest BCUT2D eigenvalue weighted by Gasteiger charge is 2.07. The van der Waals surface area contributed by atoms with Gasteiger partial charge in [-0.1, -0.05) is 19.9 Å². The number of aryl methyl sites for hydroxylation is 2. The Balaban J connectivity index is 0.000000273. The number of nitrogens with zero attached hydrogens (tertiary/aromatic N) is 1. The van der Waals surface area contributed by atoms with Crippen molar-refractivity contribution in [3.8, 4) is 11.5 Å². The summed E-state index contributed by atoms with van der Waals surface area (Å²) in [6.45, 7) is 9.11. The number of hydrogen-bond acceptors (Lipinski definition) is 4. The minimum Gasteiger partial charge on any atom is -0.493 e. The van der Waals surface area contributed by atoms with Gasteiger partial charge in [-0.05, 0) is 49.2 Å². The molecule has 0 saturated carbocycles. The first-order chi connectivity index (χ1) is 13.8. The number of methoxy groups -OCH3 is 2. The van der Waals surface area contributed by atoms with Crippen LogP contribution in [0.5, 0.6) is 11.5 Å². The first kappa shape index (κ1) is 23.9. The van der Waals surface area contributed by atoms with Crippen LogP contribution in [0.25, 0.3) is 10.9 Å². The lowest BCUT2D eigenvalue weighted by Crippen LogP contribution is -2.05. The number of rotatable bonds is 3. The molecule has 0 unspecified atom stereocenters. The third-order valence-corrected chi connectivity index (χ3v) is 3.96. The molecule has 1 amide bonds. The van der Waals surface area contributed by atoms with E-state index < -0.39 is 0 Å². The smallest absolute Gasteiger partial charge is 0.221 e. The van der Waals surface area contributed by atoms with Gasteiger partial charge in [-0.2, -0.15) is 0 Å². The van der Waals surface area contributed by atoms with Crippen molar-refractivity contribution < 1.29 is 18.7 Å². The number of anilines is 1. The normalized spacial score (nSPS) is 9.52. The molecule has 5 nitrogen and oxygen atoms in total. The van der Waals surface area contributed by atoms with E-state index in [0.29, 0.717) is 17.0 Å². The number of nitrogens with one attached hydrogen (secondary N) is 1. The summed E-state index contributed by atoms with van der Waals surface area (Å²) in [5.41, 5.74) is 3.17. The van der Waals surface area contributed by atoms with Gasteiger partial charge < -0.3 is 14.8 Å². The number of halogens is 1. The number of ether oxygens (including phenoxy) is 2. The monoisotopic (exact) mass is 400 g/mol. The lowest BCUT2D eigenvalue weighted by atomic mass is 10.1. The zero-order valence-electron chi connectivity index (χ0n) is 18.1. The zero-order chi connectivity index (χ0) is 22.0. The molecule has 156 valence electrons. The maximum atomic E-state index is 12.9. The summed E-state index contributed by atoms with van der Waals surface area (Å²) in [4.78, 5) is 14.9. The lowest BCUT2D eigenvalue weighted by molar-refractivity contribution is -0.114. The van der Waals surface area contributed by atoms with E-state index in [2.05, 4.69) is 17.2 Å². The van der Waals surface area contributed by atoms with Crippen molar-refractivity contribution in [3.05, 3.63) is 59.5 Å². The van der Waals surface area contributed by atoms with Crippen molar-refractivity contribution in [3.63, 3.8) is 0 Å². The van der Waals surface area contributed by atoms with Gasteiger partial charge in [0.15, 0.2) is 11.5 Å². The molecular formula is C23H29FN2O3. The van der Waals surface area contributed by atoms with Gasteiger partial charge in [-0.25, -0.2) is 4.39 Å². The Morgan fingerprint density at radius 2 is 1.59 bits per heavy atom. The van der Waals surface area contributed by atoms with Crippen LogP contribution in [0.15, 0.2) is 42.6 Å². The third-order valence-electron chi connectivity index (χ3n) is 3.96. The van der Waals surface area contributed by atoms with Crippen LogP contribution in [0.1, 0.15) is 31.9 Å². The Hall–Kier alpha value is -3.15. The van der Waals surface area contributed by atoms with Crippen molar-refractivity contribution in [2.24, 2.45) is 0 Å². The lowest BCUT2D eigenvalue weighted by Gasteiger charge is -2.09. The highest BCUT2D eigenvalue weighted by Crippen LogP contribution is 2.32. The molecule has 0 aliphatic rings. The molecule has 0 saturated heterocycles. The summed E-state index contributed by atoms with van der Waals surface area (Å²) in [7, 11) is 3.26. The van der Waals surface area contributed by atoms with Gasteiger partial charge in [0, 0.05) is 30.3 Å². The topological polar surface area (TPSA) is 60.5 Å². The molecular weight excluding hydrogens is 371 g/mol. The van der Waals surface area contributed by atoms with Crippen LogP contribution < -0.4 is 14.8 Å². The SMILES string of the molecule is CC.CC(=O)Nc1ccc(C)c(F)c1.COc1cc2nccc(C)c2cc1OC. The van der Waals surface area contributed by atoms with E-state index in [1.54, 1.807) is 39.5 Å². The molecule has 1 heterocycles. The van der Waals surface area contributed by atoms with Crippen LogP contribution in [-0.4, -0.2) is 25.1 Å². The molecule has 1 aromatic heterocycles. The summed E-state index contributed by atoms with van der Waals surface area (Å²) in [5, 5.41) is 3.59. The second-order valence-corrected chi connectivity index (χ2v) is 6.00. The number of benzene rings is 2. The van der Waals surface area contributed by atoms with Crippen LogP contribution in [-0.2, 0) is 4.79 Å². The molecule has 0 bridgehead atoms. The molecule has 0 fully saturated rings. The number of pyridine rings is 1. The Labute approximate surface area is 171 Å². The van der Waals surface area contributed by atoms with Crippen LogP contribution in [0.4, 0.5) is 10.1 Å². The average Bonchev–Trinajstić information content (AvgIpc) is 2.71. The van der Waals surface area contributed by atoms with Crippen molar-refractivity contribution in [2.45, 2.75) is 34.6 Å². The number of fused-ring (bicyclic) bond motifs is 1. The molecule has 0 atom stereocenters. The fourth-order valence-electron chi connectivity index (χ4n) is 2.48. The van der Waals surface area contributed by atoms with Gasteiger partial charge in [0.2, 0.25) is 5.91 Å². The summed E-state index contributed by atoms with van der Waals surface area (Å²) >= 11 is 0. The summed E-state index contributed by atoms with van der Waals surface area (Å²) < 4.78 is 23.3. The van der Waals surface area contributed by atoms with E-state index >= 15 is 0 Å². The fourth-order valence-corrected chi connectivity index (χ4v) is 2.48. The van der Waals surface area contributed by atoms with Crippen LogP contribution in [0.2, 0.25) is 0 Å². The van der Waals surface area contributed by atoms with Crippen molar-refractivity contribution in [2.75, 3.05) is 19.5 Å². The van der Waals surface area contributed by atoms with Crippen LogP contribution in [0.3, 0.4) is 0 Å². The highest BCUT2D eigenvalue weighted by molar-refractivity contribution is 5.88. The van der Waals surface area contributed by atoms with E-state index in [-0.39, 0.29) is 11.7 Å². The molecule has 6 heteroatoms. The maximum Gasteiger partial charge on any atom is 0.221 e. The minimum absolute atomic E-state index is 0.196. The molecule has 0 radical (unpaired) electrons. The van der Waals surface area contributed by atoms with E-state index in [1.165, 1.54) is 18.6 Å². The number of carbonyl (C=O) groups is 1. The molecule has 3 aromatic rings. The first-order valence-electron chi connectivity index (χ1n) is 9.36. The largest absolute Gasteiger partial charge is 0.493 e. The number of hydrogen-bond donors (Lipinski definition) is 1. The molecule has 3 rings (SSSR count). The quantitative estimate of drug-likeness (QED) is 0.614. The van der Waals surface area contributed by atoms with Crippen LogP contribution in [0, 0.1) is 19.7 Å². The number of amides is 1.